The molecule has 0 amide bonds. The second-order valence-electron chi connectivity index (χ2n) is 3.83. The number of unbranched alkanes of at least 4 members (excludes halogenated alkanes) is 1. The molecule has 0 fully saturated rings. The molecule has 0 saturated heterocycles. The molecule has 0 spiro atoms. The number of hydrogen-bond donors (Lipinski definition) is 2. The Morgan fingerprint density at radius 1 is 1.12 bits per heavy atom. The molecular weight excluding hydrogens is 200 g/mol. The highest BCUT2D eigenvalue weighted by molar-refractivity contribution is 5.76. The molecule has 0 aromatic heterocycles. The molecule has 1 rings (SSSR count). The average molecular weight is 220 g/mol. The molecule has 0 radical (unpaired) electrons. The summed E-state index contributed by atoms with van der Waals surface area (Å²) < 4.78 is 5.51. The second-order valence-corrected chi connectivity index (χ2v) is 3.83. The summed E-state index contributed by atoms with van der Waals surface area (Å²) in [4.78, 5) is 0. The zero-order chi connectivity index (χ0) is 11.6. The first kappa shape index (κ1) is 12.7. The summed E-state index contributed by atoms with van der Waals surface area (Å²) in [5, 5.41) is 7.06. The van der Waals surface area contributed by atoms with Gasteiger partial charge in [0.2, 0.25) is 0 Å². The van der Waals surface area contributed by atoms with E-state index in [1.165, 1.54) is 5.56 Å². The van der Waals surface area contributed by atoms with Gasteiger partial charge in [0.25, 0.3) is 0 Å². The molecule has 3 heteroatoms. The van der Waals surface area contributed by atoms with Gasteiger partial charge in [0.1, 0.15) is 0 Å². The normalized spacial score (nSPS) is 10.2. The van der Waals surface area contributed by atoms with E-state index in [1.807, 2.05) is 18.2 Å². The van der Waals surface area contributed by atoms with Crippen LogP contribution in [0, 0.1) is 5.41 Å². The minimum Gasteiger partial charge on any atom is -0.388 e. The molecule has 0 aliphatic heterocycles. The van der Waals surface area contributed by atoms with Gasteiger partial charge >= 0.3 is 0 Å². The van der Waals surface area contributed by atoms with Crippen molar-refractivity contribution in [3.05, 3.63) is 35.9 Å². The maximum absolute atomic E-state index is 7.06. The Hall–Kier alpha value is -1.35. The number of nitrogens with one attached hydrogen (secondary N) is 1. The van der Waals surface area contributed by atoms with Gasteiger partial charge in [-0.25, -0.2) is 0 Å². The minimum absolute atomic E-state index is 0.268. The molecule has 16 heavy (non-hydrogen) atoms. The maximum atomic E-state index is 7.06. The summed E-state index contributed by atoms with van der Waals surface area (Å²) in [5.41, 5.74) is 6.56. The van der Waals surface area contributed by atoms with Crippen LogP contribution in [0.3, 0.4) is 0 Å². The zero-order valence-corrected chi connectivity index (χ0v) is 9.61. The highest BCUT2D eigenvalue weighted by Crippen LogP contribution is 2.00. The smallest absolute Gasteiger partial charge is 0.0905 e. The van der Waals surface area contributed by atoms with Crippen molar-refractivity contribution in [3.63, 3.8) is 0 Å². The summed E-state index contributed by atoms with van der Waals surface area (Å²) in [6, 6.07) is 10.3. The Morgan fingerprint density at radius 3 is 2.56 bits per heavy atom. The van der Waals surface area contributed by atoms with Crippen molar-refractivity contribution < 1.29 is 4.74 Å². The molecular formula is C13H20N2O. The van der Waals surface area contributed by atoms with Crippen molar-refractivity contribution in [3.8, 4) is 0 Å². The average Bonchev–Trinajstić information content (AvgIpc) is 2.29. The van der Waals surface area contributed by atoms with Gasteiger partial charge in [-0.3, -0.25) is 5.41 Å². The molecule has 88 valence electrons. The molecule has 1 aromatic carbocycles. The number of rotatable bonds is 8. The van der Waals surface area contributed by atoms with Crippen LogP contribution >= 0.6 is 0 Å². The fraction of sp³-hybridized carbons (Fsp3) is 0.462. The van der Waals surface area contributed by atoms with Crippen LogP contribution in [0.25, 0.3) is 0 Å². The van der Waals surface area contributed by atoms with Crippen molar-refractivity contribution in [1.82, 2.24) is 0 Å². The molecule has 1 aromatic rings. The molecule has 0 aliphatic carbocycles. The second kappa shape index (κ2) is 7.88. The van der Waals surface area contributed by atoms with Gasteiger partial charge in [0.05, 0.1) is 12.4 Å². The number of hydrogen-bond acceptors (Lipinski definition) is 2. The lowest BCUT2D eigenvalue weighted by Gasteiger charge is -2.04. The van der Waals surface area contributed by atoms with Crippen LogP contribution in [0.5, 0.6) is 0 Å². The van der Waals surface area contributed by atoms with E-state index in [0.717, 1.165) is 32.5 Å². The Kier molecular flexibility index (Phi) is 6.26. The number of nitrogens with two attached hydrogens (primary N) is 1. The van der Waals surface area contributed by atoms with Crippen LogP contribution in [0.1, 0.15) is 24.8 Å². The van der Waals surface area contributed by atoms with Crippen molar-refractivity contribution >= 4 is 5.84 Å². The van der Waals surface area contributed by atoms with Crippen LogP contribution in [0.2, 0.25) is 0 Å². The Balaban J connectivity index is 1.94. The van der Waals surface area contributed by atoms with Crippen molar-refractivity contribution in [2.75, 3.05) is 13.2 Å². The van der Waals surface area contributed by atoms with E-state index in [1.54, 1.807) is 0 Å². The van der Waals surface area contributed by atoms with E-state index >= 15 is 0 Å². The molecule has 3 nitrogen and oxygen atoms in total. The minimum atomic E-state index is 0.268. The molecule has 0 heterocycles. The lowest BCUT2D eigenvalue weighted by molar-refractivity contribution is 0.133. The van der Waals surface area contributed by atoms with Crippen LogP contribution in [0.15, 0.2) is 30.3 Å². The first-order valence-electron chi connectivity index (χ1n) is 5.73. The quantitative estimate of drug-likeness (QED) is 0.401. The monoisotopic (exact) mass is 220 g/mol. The molecule has 0 aliphatic rings. The number of benzene rings is 1. The first-order chi connectivity index (χ1) is 7.79. The van der Waals surface area contributed by atoms with E-state index in [9.17, 15) is 0 Å². The van der Waals surface area contributed by atoms with Crippen molar-refractivity contribution in [1.29, 1.82) is 5.41 Å². The van der Waals surface area contributed by atoms with Gasteiger partial charge < -0.3 is 10.5 Å². The van der Waals surface area contributed by atoms with Crippen LogP contribution < -0.4 is 5.73 Å². The largest absolute Gasteiger partial charge is 0.388 e. The summed E-state index contributed by atoms with van der Waals surface area (Å²) in [6.45, 7) is 1.53. The van der Waals surface area contributed by atoms with Crippen LogP contribution in [-0.4, -0.2) is 19.0 Å². The SMILES string of the molecule is N=C(N)CCCCOCCc1ccccc1. The van der Waals surface area contributed by atoms with E-state index in [0.29, 0.717) is 6.42 Å². The highest BCUT2D eigenvalue weighted by atomic mass is 16.5. The fourth-order valence-corrected chi connectivity index (χ4v) is 1.46. The predicted octanol–water partition coefficient (Wildman–Crippen LogP) is 2.35. The number of amidine groups is 1. The van der Waals surface area contributed by atoms with E-state index in [4.69, 9.17) is 15.9 Å². The Labute approximate surface area is 97.1 Å². The molecule has 0 unspecified atom stereocenters. The van der Waals surface area contributed by atoms with Gasteiger partial charge in [-0.05, 0) is 24.8 Å². The van der Waals surface area contributed by atoms with Gasteiger partial charge in [-0.1, -0.05) is 30.3 Å². The van der Waals surface area contributed by atoms with Crippen molar-refractivity contribution in [2.45, 2.75) is 25.7 Å². The predicted molar refractivity (Wildman–Crippen MR) is 66.7 cm³/mol. The standard InChI is InChI=1S/C13H20N2O/c14-13(15)8-4-5-10-16-11-9-12-6-2-1-3-7-12/h1-3,6-7H,4-5,8-11H2,(H3,14,15). The third kappa shape index (κ3) is 6.19. The highest BCUT2D eigenvalue weighted by Gasteiger charge is 1.94. The maximum Gasteiger partial charge on any atom is 0.0905 e. The van der Waals surface area contributed by atoms with E-state index in [2.05, 4.69) is 12.1 Å². The topological polar surface area (TPSA) is 59.1 Å². The molecule has 0 bridgehead atoms. The summed E-state index contributed by atoms with van der Waals surface area (Å²) in [7, 11) is 0. The van der Waals surface area contributed by atoms with Crippen molar-refractivity contribution in [2.24, 2.45) is 5.73 Å². The zero-order valence-electron chi connectivity index (χ0n) is 9.61. The first-order valence-corrected chi connectivity index (χ1v) is 5.73. The van der Waals surface area contributed by atoms with E-state index < -0.39 is 0 Å². The molecule has 0 saturated carbocycles. The fourth-order valence-electron chi connectivity index (χ4n) is 1.46. The third-order valence-electron chi connectivity index (χ3n) is 2.36. The van der Waals surface area contributed by atoms with Crippen LogP contribution in [0.4, 0.5) is 0 Å². The van der Waals surface area contributed by atoms with Gasteiger partial charge in [-0.15, -0.1) is 0 Å². The molecule has 0 atom stereocenters. The van der Waals surface area contributed by atoms with Gasteiger partial charge in [-0.2, -0.15) is 0 Å². The summed E-state index contributed by atoms with van der Waals surface area (Å²) in [6.07, 6.45) is 3.57. The lowest BCUT2D eigenvalue weighted by Crippen LogP contribution is -2.09. The molecule has 3 N–H and O–H groups in total. The Bertz CT molecular complexity index is 298. The Morgan fingerprint density at radius 2 is 1.88 bits per heavy atom. The van der Waals surface area contributed by atoms with E-state index in [-0.39, 0.29) is 5.84 Å². The van der Waals surface area contributed by atoms with Gasteiger partial charge in [0, 0.05) is 13.0 Å². The lowest BCUT2D eigenvalue weighted by atomic mass is 10.2. The van der Waals surface area contributed by atoms with Gasteiger partial charge in [0.15, 0.2) is 0 Å². The number of ether oxygens (including phenoxy) is 1. The summed E-state index contributed by atoms with van der Waals surface area (Å²) in [5.74, 6) is 0.268. The van der Waals surface area contributed by atoms with Crippen LogP contribution in [-0.2, 0) is 11.2 Å². The third-order valence-corrected chi connectivity index (χ3v) is 2.36. The summed E-state index contributed by atoms with van der Waals surface area (Å²) >= 11 is 0.